The van der Waals surface area contributed by atoms with E-state index in [-0.39, 0.29) is 60.1 Å². The number of nitrogens with zero attached hydrogens (tertiary/aromatic N) is 2. The van der Waals surface area contributed by atoms with Crippen LogP contribution in [0.4, 0.5) is 11.4 Å². The fourth-order valence-corrected chi connectivity index (χ4v) is 6.05. The number of benzene rings is 2. The van der Waals surface area contributed by atoms with Gasteiger partial charge in [0.1, 0.15) is 11.5 Å². The molecule has 3 fully saturated rings. The first kappa shape index (κ1) is 22.5. The van der Waals surface area contributed by atoms with E-state index >= 15 is 0 Å². The normalized spacial score (nSPS) is 28.2. The summed E-state index contributed by atoms with van der Waals surface area (Å²) in [5.41, 5.74) is 1.10. The Hall–Kier alpha value is -3.94. The fourth-order valence-electron chi connectivity index (χ4n) is 6.05. The van der Waals surface area contributed by atoms with E-state index in [0.717, 1.165) is 6.42 Å². The third-order valence-electron chi connectivity index (χ3n) is 7.68. The molecule has 2 bridgehead atoms. The molecule has 0 aromatic heterocycles. The van der Waals surface area contributed by atoms with E-state index < -0.39 is 11.9 Å². The number of hydrogen-bond donors (Lipinski definition) is 0. The van der Waals surface area contributed by atoms with E-state index in [0.29, 0.717) is 23.7 Å². The Bertz CT molecular complexity index is 1260. The van der Waals surface area contributed by atoms with Gasteiger partial charge in [-0.3, -0.25) is 19.2 Å². The molecule has 8 nitrogen and oxygen atoms in total. The zero-order valence-electron chi connectivity index (χ0n) is 19.8. The van der Waals surface area contributed by atoms with Crippen LogP contribution in [0.2, 0.25) is 0 Å². The van der Waals surface area contributed by atoms with E-state index in [4.69, 9.17) is 9.47 Å². The molecule has 2 aliphatic carbocycles. The van der Waals surface area contributed by atoms with E-state index in [9.17, 15) is 19.2 Å². The van der Waals surface area contributed by atoms with Crippen LogP contribution in [0, 0.1) is 29.6 Å². The molecule has 36 heavy (non-hydrogen) atoms. The molecule has 8 heteroatoms. The second-order valence-electron chi connectivity index (χ2n) is 9.76. The third kappa shape index (κ3) is 3.59. The lowest BCUT2D eigenvalue weighted by atomic mass is 9.85. The highest BCUT2D eigenvalue weighted by Crippen LogP contribution is 2.53. The number of allylic oxidation sites excluding steroid dienone is 2. The number of anilines is 2. The molecule has 0 unspecified atom stereocenters. The van der Waals surface area contributed by atoms with Gasteiger partial charge in [-0.2, -0.15) is 0 Å². The zero-order valence-corrected chi connectivity index (χ0v) is 19.8. The van der Waals surface area contributed by atoms with Crippen LogP contribution >= 0.6 is 0 Å². The number of fused-ring (bicyclic) bond motifs is 5. The summed E-state index contributed by atoms with van der Waals surface area (Å²) in [6.45, 7) is 2.67. The summed E-state index contributed by atoms with van der Waals surface area (Å²) in [7, 11) is 0. The Kier molecular flexibility index (Phi) is 5.39. The van der Waals surface area contributed by atoms with Crippen LogP contribution in [0.5, 0.6) is 11.5 Å². The van der Waals surface area contributed by atoms with Crippen molar-refractivity contribution in [2.45, 2.75) is 19.8 Å². The molecule has 2 saturated heterocycles. The standard InChI is InChI=1S/C28H26N2O6/c1-2-35-21-10-8-19(9-11-21)29-15-18(13-23(29)31)28(34)36-22-5-3-4-20(14-22)30-26(32)24-16-6-7-17(12-16)25(24)27(30)33/h3-11,14,16-18,24-25H,2,12-13,15H2,1H3/t16-,17+,18-,24-,25+/m1/s1. The van der Waals surface area contributed by atoms with Crippen molar-refractivity contribution >= 4 is 35.1 Å². The molecular weight excluding hydrogens is 460 g/mol. The van der Waals surface area contributed by atoms with Gasteiger partial charge in [-0.25, -0.2) is 4.90 Å². The Morgan fingerprint density at radius 1 is 0.917 bits per heavy atom. The van der Waals surface area contributed by atoms with Crippen molar-refractivity contribution < 1.29 is 28.7 Å². The van der Waals surface area contributed by atoms with Gasteiger partial charge in [-0.15, -0.1) is 0 Å². The average molecular weight is 487 g/mol. The number of imide groups is 1. The number of carbonyl (C=O) groups is 4. The lowest BCUT2D eigenvalue weighted by molar-refractivity contribution is -0.139. The van der Waals surface area contributed by atoms with Crippen molar-refractivity contribution in [1.82, 2.24) is 0 Å². The number of ether oxygens (including phenoxy) is 2. The molecule has 2 aromatic rings. The molecular formula is C28H26N2O6. The molecule has 1 saturated carbocycles. The fraction of sp³-hybridized carbons (Fsp3) is 0.357. The van der Waals surface area contributed by atoms with Gasteiger partial charge >= 0.3 is 5.97 Å². The smallest absolute Gasteiger partial charge is 0.316 e. The van der Waals surface area contributed by atoms with Crippen LogP contribution in [-0.2, 0) is 19.2 Å². The van der Waals surface area contributed by atoms with Gasteiger partial charge < -0.3 is 14.4 Å². The molecule has 2 aliphatic heterocycles. The van der Waals surface area contributed by atoms with E-state index in [2.05, 4.69) is 12.2 Å². The molecule has 0 radical (unpaired) electrons. The predicted octanol–water partition coefficient (Wildman–Crippen LogP) is 3.36. The van der Waals surface area contributed by atoms with Crippen molar-refractivity contribution in [1.29, 1.82) is 0 Å². The van der Waals surface area contributed by atoms with E-state index in [1.807, 2.05) is 6.92 Å². The van der Waals surface area contributed by atoms with Crippen LogP contribution in [0.25, 0.3) is 0 Å². The minimum Gasteiger partial charge on any atom is -0.494 e. The first-order valence-electron chi connectivity index (χ1n) is 12.4. The topological polar surface area (TPSA) is 93.2 Å². The maximum atomic E-state index is 13.1. The Labute approximate surface area is 208 Å². The maximum absolute atomic E-state index is 13.1. The van der Waals surface area contributed by atoms with Crippen molar-refractivity contribution in [2.24, 2.45) is 29.6 Å². The number of hydrogen-bond acceptors (Lipinski definition) is 6. The quantitative estimate of drug-likeness (QED) is 0.269. The van der Waals surface area contributed by atoms with E-state index in [1.54, 1.807) is 53.4 Å². The van der Waals surface area contributed by atoms with Crippen LogP contribution < -0.4 is 19.3 Å². The van der Waals surface area contributed by atoms with Crippen molar-refractivity contribution in [2.75, 3.05) is 23.0 Å². The Morgan fingerprint density at radius 3 is 2.28 bits per heavy atom. The molecule has 184 valence electrons. The van der Waals surface area contributed by atoms with Crippen molar-refractivity contribution in [3.8, 4) is 11.5 Å². The highest BCUT2D eigenvalue weighted by Gasteiger charge is 2.59. The zero-order chi connectivity index (χ0) is 25.0. The van der Waals surface area contributed by atoms with Gasteiger partial charge in [0.05, 0.1) is 30.0 Å². The highest BCUT2D eigenvalue weighted by molar-refractivity contribution is 6.22. The average Bonchev–Trinajstić information content (AvgIpc) is 3.63. The van der Waals surface area contributed by atoms with Crippen LogP contribution in [0.15, 0.2) is 60.7 Å². The van der Waals surface area contributed by atoms with Gasteiger partial charge in [0.15, 0.2) is 0 Å². The second-order valence-corrected chi connectivity index (χ2v) is 9.76. The number of rotatable bonds is 6. The maximum Gasteiger partial charge on any atom is 0.316 e. The van der Waals surface area contributed by atoms with Gasteiger partial charge in [-0.1, -0.05) is 18.2 Å². The van der Waals surface area contributed by atoms with Crippen LogP contribution in [-0.4, -0.2) is 36.8 Å². The number of amides is 3. The minimum atomic E-state index is -0.621. The van der Waals surface area contributed by atoms with Gasteiger partial charge in [0.25, 0.3) is 0 Å². The van der Waals surface area contributed by atoms with E-state index in [1.165, 1.54) is 4.90 Å². The molecule has 0 N–H and O–H groups in total. The summed E-state index contributed by atoms with van der Waals surface area (Å²) >= 11 is 0. The predicted molar refractivity (Wildman–Crippen MR) is 130 cm³/mol. The molecule has 2 heterocycles. The van der Waals surface area contributed by atoms with Gasteiger partial charge in [0.2, 0.25) is 17.7 Å². The van der Waals surface area contributed by atoms with Gasteiger partial charge in [0, 0.05) is 24.7 Å². The largest absolute Gasteiger partial charge is 0.494 e. The lowest BCUT2D eigenvalue weighted by Crippen LogP contribution is -2.32. The SMILES string of the molecule is CCOc1ccc(N2C[C@H](C(=O)Oc3cccc(N4C(=O)[C@@H]5[C@H](C4=O)[C@@H]4C=C[C@H]5C4)c3)CC2=O)cc1. The number of esters is 1. The number of carbonyl (C=O) groups excluding carboxylic acids is 4. The molecule has 2 aromatic carbocycles. The summed E-state index contributed by atoms with van der Waals surface area (Å²) in [6, 6.07) is 13.7. The summed E-state index contributed by atoms with van der Waals surface area (Å²) in [6.07, 6.45) is 5.02. The molecule has 0 spiro atoms. The highest BCUT2D eigenvalue weighted by atomic mass is 16.5. The second kappa shape index (κ2) is 8.62. The Morgan fingerprint density at radius 2 is 1.61 bits per heavy atom. The van der Waals surface area contributed by atoms with Crippen molar-refractivity contribution in [3.05, 3.63) is 60.7 Å². The first-order valence-corrected chi connectivity index (χ1v) is 12.4. The molecule has 4 aliphatic rings. The third-order valence-corrected chi connectivity index (χ3v) is 7.68. The lowest BCUT2D eigenvalue weighted by Gasteiger charge is -2.18. The monoisotopic (exact) mass is 486 g/mol. The summed E-state index contributed by atoms with van der Waals surface area (Å²) in [4.78, 5) is 54.5. The first-order chi connectivity index (χ1) is 17.4. The molecule has 6 rings (SSSR count). The minimum absolute atomic E-state index is 0.0496. The molecule has 3 amide bonds. The summed E-state index contributed by atoms with van der Waals surface area (Å²) in [5.74, 6) is -1.05. The molecule has 5 atom stereocenters. The van der Waals surface area contributed by atoms with Gasteiger partial charge in [-0.05, 0) is 61.6 Å². The summed E-state index contributed by atoms with van der Waals surface area (Å²) in [5, 5.41) is 0. The Balaban J connectivity index is 1.14. The summed E-state index contributed by atoms with van der Waals surface area (Å²) < 4.78 is 11.0. The van der Waals surface area contributed by atoms with Crippen LogP contribution in [0.3, 0.4) is 0 Å². The van der Waals surface area contributed by atoms with Crippen molar-refractivity contribution in [3.63, 3.8) is 0 Å². The van der Waals surface area contributed by atoms with Crippen LogP contribution in [0.1, 0.15) is 19.8 Å².